The van der Waals surface area contributed by atoms with Crippen molar-refractivity contribution in [1.29, 1.82) is 0 Å². The van der Waals surface area contributed by atoms with E-state index >= 15 is 0 Å². The van der Waals surface area contributed by atoms with Gasteiger partial charge in [-0.25, -0.2) is 4.39 Å². The van der Waals surface area contributed by atoms with Crippen LogP contribution in [0.3, 0.4) is 0 Å². The smallest absolute Gasteiger partial charge is 0.121 e. The van der Waals surface area contributed by atoms with Crippen molar-refractivity contribution in [1.82, 2.24) is 0 Å². The minimum Gasteiger partial charge on any atom is -0.386 e. The van der Waals surface area contributed by atoms with E-state index in [1.165, 1.54) is 32.1 Å². The van der Waals surface area contributed by atoms with Crippen LogP contribution < -0.4 is 0 Å². The minimum atomic E-state index is -0.939. The Labute approximate surface area is 87.0 Å². The van der Waals surface area contributed by atoms with Gasteiger partial charge in [-0.05, 0) is 6.42 Å². The SMILES string of the molecule is C=C(F)C(O)CCCCCCCCC. The topological polar surface area (TPSA) is 20.2 Å². The Bertz CT molecular complexity index is 145. The van der Waals surface area contributed by atoms with Gasteiger partial charge in [0.05, 0.1) is 0 Å². The molecule has 0 aromatic heterocycles. The van der Waals surface area contributed by atoms with Crippen molar-refractivity contribution in [3.8, 4) is 0 Å². The molecule has 1 unspecified atom stereocenters. The van der Waals surface area contributed by atoms with Gasteiger partial charge < -0.3 is 5.11 Å². The molecule has 0 amide bonds. The Morgan fingerprint density at radius 2 is 1.64 bits per heavy atom. The Hall–Kier alpha value is -0.370. The summed E-state index contributed by atoms with van der Waals surface area (Å²) in [5, 5.41) is 9.09. The summed E-state index contributed by atoms with van der Waals surface area (Å²) in [6.45, 7) is 5.28. The van der Waals surface area contributed by atoms with E-state index in [1.54, 1.807) is 0 Å². The molecule has 0 aliphatic heterocycles. The zero-order valence-corrected chi connectivity index (χ0v) is 9.27. The molecule has 0 saturated heterocycles. The van der Waals surface area contributed by atoms with Gasteiger partial charge in [0.15, 0.2) is 0 Å². The van der Waals surface area contributed by atoms with E-state index in [-0.39, 0.29) is 0 Å². The summed E-state index contributed by atoms with van der Waals surface area (Å²) in [4.78, 5) is 0. The van der Waals surface area contributed by atoms with Crippen LogP contribution in [0.4, 0.5) is 4.39 Å². The summed E-state index contributed by atoms with van der Waals surface area (Å²) in [7, 11) is 0. The molecule has 0 radical (unpaired) electrons. The Morgan fingerprint density at radius 1 is 1.14 bits per heavy atom. The van der Waals surface area contributed by atoms with Gasteiger partial charge in [0.25, 0.3) is 0 Å². The van der Waals surface area contributed by atoms with E-state index in [4.69, 9.17) is 5.11 Å². The second-order valence-electron chi connectivity index (χ2n) is 3.87. The van der Waals surface area contributed by atoms with Crippen molar-refractivity contribution in [2.45, 2.75) is 64.4 Å². The van der Waals surface area contributed by atoms with Gasteiger partial charge in [-0.3, -0.25) is 0 Å². The van der Waals surface area contributed by atoms with Gasteiger partial charge in [0, 0.05) is 0 Å². The number of unbranched alkanes of at least 4 members (excludes halogenated alkanes) is 6. The lowest BCUT2D eigenvalue weighted by Crippen LogP contribution is -2.05. The third kappa shape index (κ3) is 8.24. The van der Waals surface area contributed by atoms with Crippen LogP contribution in [-0.2, 0) is 0 Å². The lowest BCUT2D eigenvalue weighted by atomic mass is 10.1. The van der Waals surface area contributed by atoms with Crippen LogP contribution >= 0.6 is 0 Å². The van der Waals surface area contributed by atoms with Crippen molar-refractivity contribution in [2.75, 3.05) is 0 Å². The summed E-state index contributed by atoms with van der Waals surface area (Å²) in [6.07, 6.45) is 7.91. The predicted molar refractivity (Wildman–Crippen MR) is 58.9 cm³/mol. The average Bonchev–Trinajstić information content (AvgIpc) is 2.16. The fourth-order valence-electron chi connectivity index (χ4n) is 1.45. The summed E-state index contributed by atoms with van der Waals surface area (Å²) in [6, 6.07) is 0. The first-order valence-electron chi connectivity index (χ1n) is 5.70. The molecular weight excluding hydrogens is 179 g/mol. The number of aliphatic hydroxyl groups excluding tert-OH is 1. The molecule has 0 rings (SSSR count). The van der Waals surface area contributed by atoms with Crippen molar-refractivity contribution < 1.29 is 9.50 Å². The van der Waals surface area contributed by atoms with E-state index in [9.17, 15) is 4.39 Å². The van der Waals surface area contributed by atoms with Gasteiger partial charge in [0.1, 0.15) is 11.9 Å². The maximum absolute atomic E-state index is 12.3. The van der Waals surface area contributed by atoms with Gasteiger partial charge in [-0.2, -0.15) is 0 Å². The minimum absolute atomic E-state index is 0.517. The van der Waals surface area contributed by atoms with Crippen molar-refractivity contribution >= 4 is 0 Å². The summed E-state index contributed by atoms with van der Waals surface area (Å²) >= 11 is 0. The van der Waals surface area contributed by atoms with Crippen LogP contribution in [0, 0.1) is 0 Å². The van der Waals surface area contributed by atoms with Crippen LogP contribution in [-0.4, -0.2) is 11.2 Å². The highest BCUT2D eigenvalue weighted by molar-refractivity contribution is 4.88. The molecule has 0 aromatic carbocycles. The molecule has 84 valence electrons. The second-order valence-corrected chi connectivity index (χ2v) is 3.87. The molecule has 0 saturated carbocycles. The first-order valence-corrected chi connectivity index (χ1v) is 5.70. The molecule has 1 nitrogen and oxygen atoms in total. The molecule has 0 aliphatic rings. The van der Waals surface area contributed by atoms with Crippen LogP contribution in [0.25, 0.3) is 0 Å². The zero-order valence-electron chi connectivity index (χ0n) is 9.27. The highest BCUT2D eigenvalue weighted by atomic mass is 19.1. The summed E-state index contributed by atoms with van der Waals surface area (Å²) in [5.41, 5.74) is 0. The number of aliphatic hydroxyl groups is 1. The maximum atomic E-state index is 12.3. The van der Waals surface area contributed by atoms with Crippen molar-refractivity contribution in [3.63, 3.8) is 0 Å². The Morgan fingerprint density at radius 3 is 2.14 bits per heavy atom. The van der Waals surface area contributed by atoms with E-state index in [2.05, 4.69) is 13.5 Å². The molecule has 1 N–H and O–H groups in total. The molecule has 1 atom stereocenters. The van der Waals surface area contributed by atoms with E-state index < -0.39 is 11.9 Å². The highest BCUT2D eigenvalue weighted by Crippen LogP contribution is 2.12. The normalized spacial score (nSPS) is 12.8. The number of hydrogen-bond donors (Lipinski definition) is 1. The van der Waals surface area contributed by atoms with Crippen molar-refractivity contribution in [2.24, 2.45) is 0 Å². The maximum Gasteiger partial charge on any atom is 0.121 e. The predicted octanol–water partition coefficient (Wildman–Crippen LogP) is 3.97. The van der Waals surface area contributed by atoms with Crippen LogP contribution in [0.5, 0.6) is 0 Å². The lowest BCUT2D eigenvalue weighted by Gasteiger charge is -2.06. The molecule has 0 fully saturated rings. The highest BCUT2D eigenvalue weighted by Gasteiger charge is 2.06. The first kappa shape index (κ1) is 13.6. The third-order valence-corrected chi connectivity index (χ3v) is 2.44. The molecule has 0 aromatic rings. The van der Waals surface area contributed by atoms with E-state index in [0.29, 0.717) is 6.42 Å². The number of rotatable bonds is 9. The van der Waals surface area contributed by atoms with Gasteiger partial charge in [0.2, 0.25) is 0 Å². The molecular formula is C12H23FO. The molecule has 0 heterocycles. The van der Waals surface area contributed by atoms with E-state index in [1.807, 2.05) is 0 Å². The van der Waals surface area contributed by atoms with E-state index in [0.717, 1.165) is 12.8 Å². The lowest BCUT2D eigenvalue weighted by molar-refractivity contribution is 0.170. The standard InChI is InChI=1S/C12H23FO/c1-3-4-5-6-7-8-9-10-12(14)11(2)13/h12,14H,2-10H2,1H3. The summed E-state index contributed by atoms with van der Waals surface area (Å²) in [5.74, 6) is -0.601. The molecule has 0 spiro atoms. The fourth-order valence-corrected chi connectivity index (χ4v) is 1.45. The largest absolute Gasteiger partial charge is 0.386 e. The monoisotopic (exact) mass is 202 g/mol. The van der Waals surface area contributed by atoms with Crippen molar-refractivity contribution in [3.05, 3.63) is 12.4 Å². The van der Waals surface area contributed by atoms with Crippen LogP contribution in [0.2, 0.25) is 0 Å². The quantitative estimate of drug-likeness (QED) is 0.561. The molecule has 2 heteroatoms. The molecule has 0 bridgehead atoms. The van der Waals surface area contributed by atoms with Gasteiger partial charge in [-0.1, -0.05) is 58.4 Å². The Balaban J connectivity index is 3.09. The van der Waals surface area contributed by atoms with Gasteiger partial charge in [-0.15, -0.1) is 0 Å². The van der Waals surface area contributed by atoms with Crippen LogP contribution in [0.1, 0.15) is 58.3 Å². The fraction of sp³-hybridized carbons (Fsp3) is 0.833. The van der Waals surface area contributed by atoms with Crippen LogP contribution in [0.15, 0.2) is 12.4 Å². The zero-order chi connectivity index (χ0) is 10.8. The number of halogens is 1. The molecule has 14 heavy (non-hydrogen) atoms. The number of hydrogen-bond acceptors (Lipinski definition) is 1. The first-order chi connectivity index (χ1) is 6.68. The average molecular weight is 202 g/mol. The second kappa shape index (κ2) is 9.20. The third-order valence-electron chi connectivity index (χ3n) is 2.44. The molecule has 0 aliphatic carbocycles. The van der Waals surface area contributed by atoms with Gasteiger partial charge >= 0.3 is 0 Å². The summed E-state index contributed by atoms with van der Waals surface area (Å²) < 4.78 is 12.3. The Kier molecular flexibility index (Phi) is 8.95.